The molecule has 0 saturated carbocycles. The second-order valence-corrected chi connectivity index (χ2v) is 8.06. The first-order valence-electron chi connectivity index (χ1n) is 9.51. The van der Waals surface area contributed by atoms with Gasteiger partial charge >= 0.3 is 0 Å². The number of amides is 2. The van der Waals surface area contributed by atoms with E-state index < -0.39 is 6.10 Å². The average Bonchev–Trinajstić information content (AvgIpc) is 3.39. The lowest BCUT2D eigenvalue weighted by atomic mass is 10.1. The quantitative estimate of drug-likeness (QED) is 0.616. The maximum absolute atomic E-state index is 12.7. The van der Waals surface area contributed by atoms with Crippen LogP contribution < -0.4 is 10.1 Å². The Balaban J connectivity index is 1.56. The standard InChI is InChI=1S/C22H21N3O4S/c1-13(21(27)23-2)14-3-5-16(6-4-14)29-18-7-9-24-17-11-19(30-20(17)18)22(28)25-10-8-15(26)12-25/h3-7,9,11,15,26H,1,8,10,12H2,2H3,(H,23,27)/t15-/m1/s1. The number of benzene rings is 1. The lowest BCUT2D eigenvalue weighted by molar-refractivity contribution is -0.115. The Bertz CT molecular complexity index is 1120. The molecule has 2 amide bonds. The van der Waals surface area contributed by atoms with Gasteiger partial charge in [-0.1, -0.05) is 18.7 Å². The SMILES string of the molecule is C=C(C(=O)NC)c1ccc(Oc2ccnc3cc(C(=O)N4CC[C@@H](O)C4)sc23)cc1. The van der Waals surface area contributed by atoms with Crippen LogP contribution in [-0.2, 0) is 4.79 Å². The first-order valence-corrected chi connectivity index (χ1v) is 10.3. The van der Waals surface area contributed by atoms with Crippen LogP contribution in [0.15, 0.2) is 49.2 Å². The maximum Gasteiger partial charge on any atom is 0.264 e. The number of aliphatic hydroxyl groups excluding tert-OH is 1. The molecule has 1 saturated heterocycles. The van der Waals surface area contributed by atoms with Crippen LogP contribution in [0, 0.1) is 0 Å². The number of β-amino-alcohol motifs (C(OH)–C–C–N with tert-alkyl or cyclic N) is 1. The summed E-state index contributed by atoms with van der Waals surface area (Å²) in [5.74, 6) is 0.863. The van der Waals surface area contributed by atoms with E-state index >= 15 is 0 Å². The highest BCUT2D eigenvalue weighted by atomic mass is 32.1. The number of thiophene rings is 1. The molecule has 1 fully saturated rings. The summed E-state index contributed by atoms with van der Waals surface area (Å²) in [5, 5.41) is 12.2. The highest BCUT2D eigenvalue weighted by molar-refractivity contribution is 7.21. The van der Waals surface area contributed by atoms with E-state index in [1.807, 2.05) is 0 Å². The topological polar surface area (TPSA) is 91.8 Å². The summed E-state index contributed by atoms with van der Waals surface area (Å²) < 4.78 is 6.80. The van der Waals surface area contributed by atoms with Crippen molar-refractivity contribution >= 4 is 38.9 Å². The Morgan fingerprint density at radius 2 is 2.07 bits per heavy atom. The zero-order chi connectivity index (χ0) is 21.3. The van der Waals surface area contributed by atoms with Crippen LogP contribution in [0.4, 0.5) is 0 Å². The molecule has 0 unspecified atom stereocenters. The lowest BCUT2D eigenvalue weighted by Gasteiger charge is -2.13. The van der Waals surface area contributed by atoms with Crippen LogP contribution in [0.1, 0.15) is 21.7 Å². The van der Waals surface area contributed by atoms with Crippen molar-refractivity contribution in [3.8, 4) is 11.5 Å². The molecule has 3 heterocycles. The molecule has 30 heavy (non-hydrogen) atoms. The van der Waals surface area contributed by atoms with Gasteiger partial charge in [-0.3, -0.25) is 14.6 Å². The number of aromatic nitrogens is 1. The minimum atomic E-state index is -0.456. The second kappa shape index (κ2) is 8.25. The van der Waals surface area contributed by atoms with E-state index in [0.29, 0.717) is 52.5 Å². The Morgan fingerprint density at radius 3 is 2.73 bits per heavy atom. The third kappa shape index (κ3) is 3.92. The van der Waals surface area contributed by atoms with Gasteiger partial charge in [-0.15, -0.1) is 11.3 Å². The minimum Gasteiger partial charge on any atom is -0.456 e. The summed E-state index contributed by atoms with van der Waals surface area (Å²) in [6, 6.07) is 10.6. The smallest absolute Gasteiger partial charge is 0.264 e. The Morgan fingerprint density at radius 1 is 1.30 bits per heavy atom. The zero-order valence-electron chi connectivity index (χ0n) is 16.4. The number of nitrogens with one attached hydrogen (secondary N) is 1. The van der Waals surface area contributed by atoms with E-state index in [4.69, 9.17) is 4.74 Å². The number of likely N-dealkylation sites (N-methyl/N-ethyl adjacent to an activating group) is 1. The molecule has 0 aliphatic carbocycles. The second-order valence-electron chi connectivity index (χ2n) is 7.01. The van der Waals surface area contributed by atoms with Crippen molar-refractivity contribution in [2.24, 2.45) is 0 Å². The van der Waals surface area contributed by atoms with Crippen LogP contribution in [0.3, 0.4) is 0 Å². The summed E-state index contributed by atoms with van der Waals surface area (Å²) in [4.78, 5) is 31.0. The molecule has 2 aromatic heterocycles. The summed E-state index contributed by atoms with van der Waals surface area (Å²) in [7, 11) is 1.56. The van der Waals surface area contributed by atoms with Gasteiger partial charge in [0, 0.05) is 38.0 Å². The van der Waals surface area contributed by atoms with Gasteiger partial charge in [0.1, 0.15) is 11.5 Å². The number of carbonyl (C=O) groups excluding carboxylic acids is 2. The predicted molar refractivity (Wildman–Crippen MR) is 116 cm³/mol. The fourth-order valence-electron chi connectivity index (χ4n) is 3.32. The average molecular weight is 423 g/mol. The Kier molecular flexibility index (Phi) is 5.52. The van der Waals surface area contributed by atoms with Gasteiger partial charge in [-0.2, -0.15) is 0 Å². The van der Waals surface area contributed by atoms with Crippen molar-refractivity contribution in [1.29, 1.82) is 0 Å². The number of hydrogen-bond donors (Lipinski definition) is 2. The van der Waals surface area contributed by atoms with Crippen LogP contribution in [-0.4, -0.2) is 53.0 Å². The number of rotatable bonds is 5. The van der Waals surface area contributed by atoms with Gasteiger partial charge in [0.2, 0.25) is 0 Å². The third-order valence-electron chi connectivity index (χ3n) is 4.97. The monoisotopic (exact) mass is 423 g/mol. The van der Waals surface area contributed by atoms with Gasteiger partial charge in [-0.25, -0.2) is 0 Å². The van der Waals surface area contributed by atoms with Crippen molar-refractivity contribution < 1.29 is 19.4 Å². The van der Waals surface area contributed by atoms with Crippen molar-refractivity contribution in [3.05, 3.63) is 59.6 Å². The fourth-order valence-corrected chi connectivity index (χ4v) is 4.35. The number of hydrogen-bond acceptors (Lipinski definition) is 6. The Labute approximate surface area is 177 Å². The molecule has 1 aliphatic rings. The maximum atomic E-state index is 12.7. The van der Waals surface area contributed by atoms with Gasteiger partial charge in [0.15, 0.2) is 0 Å². The van der Waals surface area contributed by atoms with Crippen LogP contribution in [0.5, 0.6) is 11.5 Å². The molecule has 4 rings (SSSR count). The van der Waals surface area contributed by atoms with Gasteiger partial charge in [-0.05, 0) is 30.2 Å². The first kappa shape index (κ1) is 20.1. The van der Waals surface area contributed by atoms with Crippen molar-refractivity contribution in [1.82, 2.24) is 15.2 Å². The van der Waals surface area contributed by atoms with E-state index in [-0.39, 0.29) is 11.8 Å². The third-order valence-corrected chi connectivity index (χ3v) is 6.10. The van der Waals surface area contributed by atoms with Crippen LogP contribution >= 0.6 is 11.3 Å². The molecule has 154 valence electrons. The molecule has 0 spiro atoms. The zero-order valence-corrected chi connectivity index (χ0v) is 17.2. The number of pyridine rings is 1. The molecule has 0 bridgehead atoms. The van der Waals surface area contributed by atoms with Gasteiger partial charge < -0.3 is 20.1 Å². The summed E-state index contributed by atoms with van der Waals surface area (Å²) >= 11 is 1.33. The molecule has 7 nitrogen and oxygen atoms in total. The molecule has 1 aliphatic heterocycles. The molecular weight excluding hydrogens is 402 g/mol. The lowest BCUT2D eigenvalue weighted by Crippen LogP contribution is -2.28. The molecule has 2 N–H and O–H groups in total. The van der Waals surface area contributed by atoms with E-state index in [9.17, 15) is 14.7 Å². The minimum absolute atomic E-state index is 0.0995. The fraction of sp³-hybridized carbons (Fsp3) is 0.227. The van der Waals surface area contributed by atoms with Crippen molar-refractivity contribution in [2.75, 3.05) is 20.1 Å². The highest BCUT2D eigenvalue weighted by Crippen LogP contribution is 2.36. The largest absolute Gasteiger partial charge is 0.456 e. The van der Waals surface area contributed by atoms with Crippen molar-refractivity contribution in [2.45, 2.75) is 12.5 Å². The van der Waals surface area contributed by atoms with Crippen LogP contribution in [0.25, 0.3) is 15.8 Å². The number of carbonyl (C=O) groups is 2. The van der Waals surface area contributed by atoms with Gasteiger partial charge in [0.25, 0.3) is 11.8 Å². The summed E-state index contributed by atoms with van der Waals surface area (Å²) in [6.45, 7) is 4.71. The molecular formula is C22H21N3O4S. The molecule has 1 aromatic carbocycles. The molecule has 3 aromatic rings. The number of nitrogens with zero attached hydrogens (tertiary/aromatic N) is 2. The summed E-state index contributed by atoms with van der Waals surface area (Å²) in [5.41, 5.74) is 1.77. The Hall–Kier alpha value is -3.23. The summed E-state index contributed by atoms with van der Waals surface area (Å²) in [6.07, 6.45) is 1.79. The number of fused-ring (bicyclic) bond motifs is 1. The number of aliphatic hydroxyl groups is 1. The first-order chi connectivity index (χ1) is 14.5. The number of likely N-dealkylation sites (tertiary alicyclic amines) is 1. The molecule has 1 atom stereocenters. The molecule has 8 heteroatoms. The van der Waals surface area contributed by atoms with Gasteiger partial charge in [0.05, 0.1) is 21.2 Å². The number of ether oxygens (including phenoxy) is 1. The van der Waals surface area contributed by atoms with E-state index in [1.54, 1.807) is 54.5 Å². The van der Waals surface area contributed by atoms with Crippen LogP contribution in [0.2, 0.25) is 0 Å². The normalized spacial score (nSPS) is 15.9. The van der Waals surface area contributed by atoms with E-state index in [0.717, 1.165) is 4.70 Å². The van der Waals surface area contributed by atoms with E-state index in [1.165, 1.54) is 11.3 Å². The highest BCUT2D eigenvalue weighted by Gasteiger charge is 2.27. The van der Waals surface area contributed by atoms with Crippen molar-refractivity contribution in [3.63, 3.8) is 0 Å². The predicted octanol–water partition coefficient (Wildman–Crippen LogP) is 3.05. The van der Waals surface area contributed by atoms with E-state index in [2.05, 4.69) is 16.9 Å². The molecule has 0 radical (unpaired) electrons.